The fraction of sp³-hybridized carbons (Fsp3) is 0.0645. The maximum Gasteiger partial charge on any atom is 0.343 e. The predicted octanol–water partition coefficient (Wildman–Crippen LogP) is 7.25. The molecule has 0 amide bonds. The summed E-state index contributed by atoms with van der Waals surface area (Å²) in [6.07, 6.45) is 0. The highest BCUT2D eigenvalue weighted by molar-refractivity contribution is 5.91. The van der Waals surface area contributed by atoms with Crippen molar-refractivity contribution in [2.75, 3.05) is 7.11 Å². The molecular weight excluding hydrogens is 420 g/mol. The van der Waals surface area contributed by atoms with Crippen LogP contribution in [0.5, 0.6) is 11.5 Å². The SMILES string of the molecule is COc1ccc(C(c2ccc(OC(=O)c3ccccc3)cc2)c2ccc3ccccc3c2)cc1. The van der Waals surface area contributed by atoms with Crippen LogP contribution in [0.2, 0.25) is 0 Å². The number of benzene rings is 5. The smallest absolute Gasteiger partial charge is 0.343 e. The van der Waals surface area contributed by atoms with Crippen LogP contribution < -0.4 is 9.47 Å². The highest BCUT2D eigenvalue weighted by Gasteiger charge is 2.18. The Morgan fingerprint density at radius 3 is 1.79 bits per heavy atom. The molecule has 0 heterocycles. The summed E-state index contributed by atoms with van der Waals surface area (Å²) in [7, 11) is 1.67. The molecule has 0 saturated carbocycles. The fourth-order valence-electron chi connectivity index (χ4n) is 4.23. The molecule has 0 radical (unpaired) electrons. The topological polar surface area (TPSA) is 35.5 Å². The van der Waals surface area contributed by atoms with E-state index in [1.54, 1.807) is 19.2 Å². The number of esters is 1. The second-order valence-electron chi connectivity index (χ2n) is 8.14. The second kappa shape index (κ2) is 9.63. The molecule has 0 aliphatic carbocycles. The van der Waals surface area contributed by atoms with Gasteiger partial charge >= 0.3 is 5.97 Å². The average Bonchev–Trinajstić information content (AvgIpc) is 2.90. The Labute approximate surface area is 199 Å². The Bertz CT molecular complexity index is 1410. The third-order valence-corrected chi connectivity index (χ3v) is 5.99. The van der Waals surface area contributed by atoms with Gasteiger partial charge in [-0.3, -0.25) is 0 Å². The van der Waals surface area contributed by atoms with E-state index in [0.29, 0.717) is 11.3 Å². The summed E-state index contributed by atoms with van der Waals surface area (Å²) >= 11 is 0. The highest BCUT2D eigenvalue weighted by Crippen LogP contribution is 2.35. The highest BCUT2D eigenvalue weighted by atomic mass is 16.5. The van der Waals surface area contributed by atoms with E-state index < -0.39 is 0 Å². The number of hydrogen-bond donors (Lipinski definition) is 0. The summed E-state index contributed by atoms with van der Waals surface area (Å²) in [5.41, 5.74) is 3.99. The van der Waals surface area contributed by atoms with Gasteiger partial charge in [-0.25, -0.2) is 4.79 Å². The quantitative estimate of drug-likeness (QED) is 0.157. The molecule has 1 unspecified atom stereocenters. The molecule has 3 heteroatoms. The minimum atomic E-state index is -0.366. The summed E-state index contributed by atoms with van der Waals surface area (Å²) in [6.45, 7) is 0. The van der Waals surface area contributed by atoms with Gasteiger partial charge in [0.15, 0.2) is 0 Å². The summed E-state index contributed by atoms with van der Waals surface area (Å²) in [4.78, 5) is 12.4. The summed E-state index contributed by atoms with van der Waals surface area (Å²) in [5, 5.41) is 2.41. The van der Waals surface area contributed by atoms with Crippen LogP contribution in [0.15, 0.2) is 121 Å². The molecular formula is C31H24O3. The molecule has 0 saturated heterocycles. The third kappa shape index (κ3) is 4.55. The van der Waals surface area contributed by atoms with Gasteiger partial charge in [-0.05, 0) is 63.9 Å². The number of hydrogen-bond acceptors (Lipinski definition) is 3. The lowest BCUT2D eigenvalue weighted by Gasteiger charge is -2.20. The summed E-state index contributed by atoms with van der Waals surface area (Å²) < 4.78 is 10.9. The molecule has 1 atom stereocenters. The van der Waals surface area contributed by atoms with Crippen molar-refractivity contribution in [3.63, 3.8) is 0 Å². The molecule has 0 spiro atoms. The minimum Gasteiger partial charge on any atom is -0.497 e. The van der Waals surface area contributed by atoms with Crippen molar-refractivity contribution in [3.8, 4) is 11.5 Å². The number of carbonyl (C=O) groups excluding carboxylic acids is 1. The molecule has 34 heavy (non-hydrogen) atoms. The van der Waals surface area contributed by atoms with E-state index in [2.05, 4.69) is 54.6 Å². The van der Waals surface area contributed by atoms with Gasteiger partial charge in [0, 0.05) is 5.92 Å². The lowest BCUT2D eigenvalue weighted by atomic mass is 9.84. The van der Waals surface area contributed by atoms with Crippen molar-refractivity contribution < 1.29 is 14.3 Å². The number of carbonyl (C=O) groups is 1. The molecule has 5 aromatic rings. The second-order valence-corrected chi connectivity index (χ2v) is 8.14. The van der Waals surface area contributed by atoms with E-state index in [4.69, 9.17) is 9.47 Å². The third-order valence-electron chi connectivity index (χ3n) is 5.99. The Hall–Kier alpha value is -4.37. The summed E-state index contributed by atoms with van der Waals surface area (Å²) in [5.74, 6) is 0.998. The maximum atomic E-state index is 12.4. The monoisotopic (exact) mass is 444 g/mol. The number of methoxy groups -OCH3 is 1. The van der Waals surface area contributed by atoms with Crippen LogP contribution in [-0.2, 0) is 0 Å². The van der Waals surface area contributed by atoms with E-state index in [1.165, 1.54) is 16.3 Å². The first-order valence-corrected chi connectivity index (χ1v) is 11.2. The molecule has 0 aliphatic heterocycles. The van der Waals surface area contributed by atoms with Gasteiger partial charge in [-0.15, -0.1) is 0 Å². The van der Waals surface area contributed by atoms with Gasteiger partial charge in [-0.1, -0.05) is 84.9 Å². The largest absolute Gasteiger partial charge is 0.497 e. The van der Waals surface area contributed by atoms with E-state index in [1.807, 2.05) is 54.6 Å². The molecule has 0 fully saturated rings. The molecule has 0 bridgehead atoms. The molecule has 0 N–H and O–H groups in total. The Kier molecular flexibility index (Phi) is 6.09. The number of rotatable bonds is 6. The fourth-order valence-corrected chi connectivity index (χ4v) is 4.23. The van der Waals surface area contributed by atoms with Crippen LogP contribution in [0.4, 0.5) is 0 Å². The minimum absolute atomic E-state index is 0.0226. The van der Waals surface area contributed by atoms with Crippen LogP contribution in [-0.4, -0.2) is 13.1 Å². The van der Waals surface area contributed by atoms with Crippen molar-refractivity contribution in [1.29, 1.82) is 0 Å². The Morgan fingerprint density at radius 1 is 0.588 bits per heavy atom. The molecule has 5 rings (SSSR count). The molecule has 0 aliphatic rings. The van der Waals surface area contributed by atoms with Crippen molar-refractivity contribution in [2.24, 2.45) is 0 Å². The lowest BCUT2D eigenvalue weighted by molar-refractivity contribution is 0.0734. The van der Waals surface area contributed by atoms with Gasteiger partial charge in [0.2, 0.25) is 0 Å². The van der Waals surface area contributed by atoms with Crippen LogP contribution in [0.25, 0.3) is 10.8 Å². The maximum absolute atomic E-state index is 12.4. The van der Waals surface area contributed by atoms with Gasteiger partial charge in [0.05, 0.1) is 12.7 Å². The van der Waals surface area contributed by atoms with E-state index in [0.717, 1.165) is 16.9 Å². The molecule has 0 aromatic heterocycles. The average molecular weight is 445 g/mol. The van der Waals surface area contributed by atoms with Crippen molar-refractivity contribution in [3.05, 3.63) is 144 Å². The molecule has 3 nitrogen and oxygen atoms in total. The zero-order chi connectivity index (χ0) is 23.3. The van der Waals surface area contributed by atoms with Crippen LogP contribution in [0.1, 0.15) is 33.0 Å². The van der Waals surface area contributed by atoms with Gasteiger partial charge in [0.1, 0.15) is 11.5 Å². The van der Waals surface area contributed by atoms with Crippen LogP contribution in [0.3, 0.4) is 0 Å². The van der Waals surface area contributed by atoms with Gasteiger partial charge in [0.25, 0.3) is 0 Å². The number of fused-ring (bicyclic) bond motifs is 1. The molecule has 5 aromatic carbocycles. The normalized spacial score (nSPS) is 11.7. The first-order chi connectivity index (χ1) is 16.7. The Balaban J connectivity index is 1.49. The van der Waals surface area contributed by atoms with E-state index in [-0.39, 0.29) is 11.9 Å². The Morgan fingerprint density at radius 2 is 1.15 bits per heavy atom. The first-order valence-electron chi connectivity index (χ1n) is 11.2. The van der Waals surface area contributed by atoms with Crippen molar-refractivity contribution in [2.45, 2.75) is 5.92 Å². The van der Waals surface area contributed by atoms with Crippen LogP contribution >= 0.6 is 0 Å². The lowest BCUT2D eigenvalue weighted by Crippen LogP contribution is -2.08. The molecule has 166 valence electrons. The van der Waals surface area contributed by atoms with Gasteiger partial charge < -0.3 is 9.47 Å². The van der Waals surface area contributed by atoms with Crippen molar-refractivity contribution in [1.82, 2.24) is 0 Å². The number of ether oxygens (including phenoxy) is 2. The van der Waals surface area contributed by atoms with Gasteiger partial charge in [-0.2, -0.15) is 0 Å². The zero-order valence-electron chi connectivity index (χ0n) is 18.8. The van der Waals surface area contributed by atoms with Crippen LogP contribution in [0, 0.1) is 0 Å². The standard InChI is InChI=1S/C31H24O3/c1-33-28-17-13-23(14-18-28)30(27-12-11-22-7-5-6-10-26(22)21-27)24-15-19-29(20-16-24)34-31(32)25-8-3-2-4-9-25/h2-21,30H,1H3. The van der Waals surface area contributed by atoms with E-state index in [9.17, 15) is 4.79 Å². The zero-order valence-corrected chi connectivity index (χ0v) is 18.8. The van der Waals surface area contributed by atoms with E-state index >= 15 is 0 Å². The van der Waals surface area contributed by atoms with Crippen molar-refractivity contribution >= 4 is 16.7 Å². The predicted molar refractivity (Wildman–Crippen MR) is 136 cm³/mol. The first kappa shape index (κ1) is 21.5. The summed E-state index contributed by atoms with van der Waals surface area (Å²) in [6, 6.07) is 39.9.